The van der Waals surface area contributed by atoms with Crippen molar-refractivity contribution in [1.82, 2.24) is 19.7 Å². The molecule has 0 bridgehead atoms. The molecule has 1 aromatic carbocycles. The summed E-state index contributed by atoms with van der Waals surface area (Å²) in [7, 11) is 0. The van der Waals surface area contributed by atoms with Gasteiger partial charge in [0.05, 0.1) is 6.54 Å². The molecule has 0 aliphatic carbocycles. The van der Waals surface area contributed by atoms with Gasteiger partial charge in [0, 0.05) is 18.7 Å². The quantitative estimate of drug-likeness (QED) is 0.568. The number of anilines is 2. The minimum atomic E-state index is -0.526. The lowest BCUT2D eigenvalue weighted by Crippen LogP contribution is -2.40. The van der Waals surface area contributed by atoms with E-state index >= 15 is 0 Å². The molecule has 3 rings (SSSR count). The number of nitrogens with one attached hydrogen (secondary N) is 1. The predicted molar refractivity (Wildman–Crippen MR) is 121 cm³/mol. The van der Waals surface area contributed by atoms with Gasteiger partial charge in [-0.2, -0.15) is 4.98 Å². The summed E-state index contributed by atoms with van der Waals surface area (Å²) in [4.78, 5) is 33.7. The van der Waals surface area contributed by atoms with Gasteiger partial charge in [-0.25, -0.2) is 4.79 Å². The van der Waals surface area contributed by atoms with Crippen molar-refractivity contribution in [3.05, 3.63) is 56.6 Å². The second-order valence-electron chi connectivity index (χ2n) is 8.65. The van der Waals surface area contributed by atoms with Gasteiger partial charge in [0.15, 0.2) is 0 Å². The number of nitrogens with zero attached hydrogens (tertiary/aromatic N) is 4. The number of nitrogen functional groups attached to an aromatic ring is 1. The minimum absolute atomic E-state index is 0.140. The second kappa shape index (κ2) is 9.20. The van der Waals surface area contributed by atoms with E-state index in [1.165, 1.54) is 4.57 Å². The smallest absolute Gasteiger partial charge is 0.330 e. The van der Waals surface area contributed by atoms with E-state index in [-0.39, 0.29) is 29.9 Å². The summed E-state index contributed by atoms with van der Waals surface area (Å²) in [5.74, 6) is 1.39. The van der Waals surface area contributed by atoms with Gasteiger partial charge in [-0.15, -0.1) is 0 Å². The molecule has 0 aliphatic rings. The lowest BCUT2D eigenvalue weighted by Gasteiger charge is -2.26. The van der Waals surface area contributed by atoms with E-state index in [1.807, 2.05) is 58.9 Å². The van der Waals surface area contributed by atoms with Crippen molar-refractivity contribution in [1.29, 1.82) is 0 Å². The summed E-state index contributed by atoms with van der Waals surface area (Å²) >= 11 is 0. The van der Waals surface area contributed by atoms with Gasteiger partial charge in [-0.3, -0.25) is 14.3 Å². The molecule has 0 saturated heterocycles. The molecule has 0 fully saturated rings. The molecule has 0 aliphatic heterocycles. The molecule has 3 N–H and O–H groups in total. The molecular formula is C22H30N6O3. The molecule has 0 radical (unpaired) electrons. The van der Waals surface area contributed by atoms with Crippen LogP contribution in [-0.2, 0) is 13.1 Å². The zero-order valence-electron chi connectivity index (χ0n) is 18.7. The van der Waals surface area contributed by atoms with Crippen LogP contribution in [0.15, 0.2) is 38.4 Å². The summed E-state index contributed by atoms with van der Waals surface area (Å²) in [6, 6.07) is 7.82. The number of hydrogen-bond acceptors (Lipinski definition) is 7. The first-order valence-electron chi connectivity index (χ1n) is 10.4. The largest absolute Gasteiger partial charge is 0.383 e. The molecule has 166 valence electrons. The fourth-order valence-electron chi connectivity index (χ4n) is 3.49. The standard InChI is InChI=1S/C22H30N6O3/c1-13(2)10-27(18-19(23)28(11-14(3)4)22(30)25-21(18)29)12-17-24-20(26-31-17)16-8-6-7-15(5)9-16/h6-9,13-14H,10-12,23H2,1-5H3,(H,25,29,30). The van der Waals surface area contributed by atoms with E-state index in [2.05, 4.69) is 15.1 Å². The van der Waals surface area contributed by atoms with E-state index < -0.39 is 11.2 Å². The average molecular weight is 427 g/mol. The van der Waals surface area contributed by atoms with Gasteiger partial charge >= 0.3 is 5.69 Å². The van der Waals surface area contributed by atoms with E-state index in [9.17, 15) is 9.59 Å². The Hall–Kier alpha value is -3.36. The van der Waals surface area contributed by atoms with Crippen molar-refractivity contribution in [2.24, 2.45) is 11.8 Å². The Bertz CT molecular complexity index is 1160. The molecule has 9 heteroatoms. The first-order chi connectivity index (χ1) is 14.7. The average Bonchev–Trinajstić information content (AvgIpc) is 3.13. The monoisotopic (exact) mass is 426 g/mol. The van der Waals surface area contributed by atoms with Crippen LogP contribution in [0.2, 0.25) is 0 Å². The lowest BCUT2D eigenvalue weighted by atomic mass is 10.1. The van der Waals surface area contributed by atoms with Crippen LogP contribution in [0.25, 0.3) is 11.4 Å². The molecular weight excluding hydrogens is 396 g/mol. The Morgan fingerprint density at radius 2 is 1.94 bits per heavy atom. The highest BCUT2D eigenvalue weighted by atomic mass is 16.5. The van der Waals surface area contributed by atoms with Gasteiger partial charge in [0.2, 0.25) is 11.7 Å². The van der Waals surface area contributed by atoms with Crippen LogP contribution in [0, 0.1) is 18.8 Å². The normalized spacial score (nSPS) is 11.5. The van der Waals surface area contributed by atoms with Gasteiger partial charge in [0.25, 0.3) is 5.56 Å². The Morgan fingerprint density at radius 1 is 1.19 bits per heavy atom. The summed E-state index contributed by atoms with van der Waals surface area (Å²) < 4.78 is 6.87. The molecule has 31 heavy (non-hydrogen) atoms. The molecule has 0 unspecified atom stereocenters. The van der Waals surface area contributed by atoms with Crippen LogP contribution >= 0.6 is 0 Å². The van der Waals surface area contributed by atoms with E-state index in [0.29, 0.717) is 24.8 Å². The number of aromatic amines is 1. The van der Waals surface area contributed by atoms with E-state index in [4.69, 9.17) is 10.3 Å². The van der Waals surface area contributed by atoms with Crippen molar-refractivity contribution in [2.75, 3.05) is 17.2 Å². The van der Waals surface area contributed by atoms with Crippen LogP contribution < -0.4 is 21.9 Å². The van der Waals surface area contributed by atoms with Crippen LogP contribution in [0.5, 0.6) is 0 Å². The Balaban J connectivity index is 1.99. The molecule has 0 amide bonds. The third-order valence-electron chi connectivity index (χ3n) is 4.73. The van der Waals surface area contributed by atoms with Crippen LogP contribution in [0.3, 0.4) is 0 Å². The maximum Gasteiger partial charge on any atom is 0.330 e. The maximum absolute atomic E-state index is 12.7. The summed E-state index contributed by atoms with van der Waals surface area (Å²) in [6.45, 7) is 11.2. The number of aryl methyl sites for hydroxylation is 1. The van der Waals surface area contributed by atoms with Gasteiger partial charge in [0.1, 0.15) is 11.5 Å². The molecule has 0 saturated carbocycles. The molecule has 2 aromatic heterocycles. The molecule has 0 atom stereocenters. The van der Waals surface area contributed by atoms with Gasteiger partial charge < -0.3 is 15.2 Å². The maximum atomic E-state index is 12.7. The zero-order chi connectivity index (χ0) is 22.7. The number of nitrogens with two attached hydrogens (primary N) is 1. The topological polar surface area (TPSA) is 123 Å². The third-order valence-corrected chi connectivity index (χ3v) is 4.73. The summed E-state index contributed by atoms with van der Waals surface area (Å²) in [5, 5.41) is 4.08. The van der Waals surface area contributed by atoms with Crippen LogP contribution in [-0.4, -0.2) is 26.2 Å². The van der Waals surface area contributed by atoms with Gasteiger partial charge in [-0.05, 0) is 24.8 Å². The highest BCUT2D eigenvalue weighted by Gasteiger charge is 2.22. The Labute approximate surface area is 180 Å². The van der Waals surface area contributed by atoms with Crippen molar-refractivity contribution in [3.8, 4) is 11.4 Å². The highest BCUT2D eigenvalue weighted by molar-refractivity contribution is 5.62. The SMILES string of the molecule is Cc1cccc(-c2noc(CN(CC(C)C)c3c(N)n(CC(C)C)c(=O)[nH]c3=O)n2)c1. The van der Waals surface area contributed by atoms with E-state index in [0.717, 1.165) is 11.1 Å². The van der Waals surface area contributed by atoms with Crippen molar-refractivity contribution in [3.63, 3.8) is 0 Å². The number of aromatic nitrogens is 4. The zero-order valence-corrected chi connectivity index (χ0v) is 18.7. The number of hydrogen-bond donors (Lipinski definition) is 2. The number of benzene rings is 1. The van der Waals surface area contributed by atoms with Crippen molar-refractivity contribution >= 4 is 11.5 Å². The Kier molecular flexibility index (Phi) is 6.62. The van der Waals surface area contributed by atoms with Gasteiger partial charge in [-0.1, -0.05) is 56.6 Å². The van der Waals surface area contributed by atoms with E-state index in [1.54, 1.807) is 4.90 Å². The highest BCUT2D eigenvalue weighted by Crippen LogP contribution is 2.22. The molecule has 3 aromatic rings. The van der Waals surface area contributed by atoms with Crippen molar-refractivity contribution in [2.45, 2.75) is 47.7 Å². The minimum Gasteiger partial charge on any atom is -0.383 e. The van der Waals surface area contributed by atoms with Crippen LogP contribution in [0.1, 0.15) is 39.1 Å². The number of rotatable bonds is 8. The summed E-state index contributed by atoms with van der Waals surface area (Å²) in [5.41, 5.74) is 7.46. The Morgan fingerprint density at radius 3 is 2.58 bits per heavy atom. The first kappa shape index (κ1) is 22.3. The first-order valence-corrected chi connectivity index (χ1v) is 10.4. The second-order valence-corrected chi connectivity index (χ2v) is 8.65. The lowest BCUT2D eigenvalue weighted by molar-refractivity contribution is 0.374. The molecule has 9 nitrogen and oxygen atoms in total. The number of H-pyrrole nitrogens is 1. The third kappa shape index (κ3) is 5.22. The molecule has 0 spiro atoms. The van der Waals surface area contributed by atoms with Crippen molar-refractivity contribution < 1.29 is 4.52 Å². The van der Waals surface area contributed by atoms with Crippen LogP contribution in [0.4, 0.5) is 11.5 Å². The fraction of sp³-hybridized carbons (Fsp3) is 0.455. The molecule has 2 heterocycles. The predicted octanol–water partition coefficient (Wildman–Crippen LogP) is 2.80. The summed E-state index contributed by atoms with van der Waals surface area (Å²) in [6.07, 6.45) is 0. The fourth-order valence-corrected chi connectivity index (χ4v) is 3.49.